The van der Waals surface area contributed by atoms with Crippen LogP contribution in [0.15, 0.2) is 30.5 Å². The Kier molecular flexibility index (Phi) is 7.02. The minimum Gasteiger partial charge on any atom is -0.508 e. The molecule has 2 aromatic carbocycles. The predicted molar refractivity (Wildman–Crippen MR) is 160 cm³/mol. The molecule has 4 heterocycles. The van der Waals surface area contributed by atoms with Crippen LogP contribution in [0.1, 0.15) is 37.7 Å². The second-order valence-electron chi connectivity index (χ2n) is 11.9. The van der Waals surface area contributed by atoms with Gasteiger partial charge < -0.3 is 24.4 Å². The third-order valence-corrected chi connectivity index (χ3v) is 9.47. The van der Waals surface area contributed by atoms with E-state index in [1.54, 1.807) is 0 Å². The molecule has 1 N–H and O–H groups in total. The standard InChI is InChI=1S/C33H33F2N5O3/c1-3-22-25(34)8-7-20-16-21(41)17-23(27(20)22)29-28(35)30-24(18-36-29)31(40-12-14-42-15-13-40)38-32(37-30)43-19-33-9-4-6-26(33)39(2)11-5-10-33/h1,7-8,16-18,26,41H,4-6,9-15,19H2,2H3. The van der Waals surface area contributed by atoms with Gasteiger partial charge in [-0.2, -0.15) is 9.97 Å². The van der Waals surface area contributed by atoms with Crippen molar-refractivity contribution in [3.05, 3.63) is 47.7 Å². The number of phenolic OH excluding ortho intramolecular Hbond substituents is 1. The van der Waals surface area contributed by atoms with Crippen molar-refractivity contribution in [2.75, 3.05) is 51.4 Å². The third-order valence-electron chi connectivity index (χ3n) is 9.47. The van der Waals surface area contributed by atoms with Gasteiger partial charge in [-0.3, -0.25) is 4.98 Å². The van der Waals surface area contributed by atoms with Gasteiger partial charge in [0.25, 0.3) is 0 Å². The largest absolute Gasteiger partial charge is 0.508 e. The number of hydrogen-bond acceptors (Lipinski definition) is 8. The van der Waals surface area contributed by atoms with Crippen molar-refractivity contribution in [2.24, 2.45) is 5.41 Å². The van der Waals surface area contributed by atoms with Crippen LogP contribution >= 0.6 is 0 Å². The second kappa shape index (κ2) is 10.9. The van der Waals surface area contributed by atoms with E-state index in [-0.39, 0.29) is 44.9 Å². The zero-order valence-electron chi connectivity index (χ0n) is 24.1. The number of aromatic nitrogens is 3. The molecular weight excluding hydrogens is 552 g/mol. The zero-order valence-corrected chi connectivity index (χ0v) is 24.1. The summed E-state index contributed by atoms with van der Waals surface area (Å²) in [5.74, 6) is 1.44. The van der Waals surface area contributed by atoms with Gasteiger partial charge in [-0.25, -0.2) is 8.78 Å². The molecule has 10 heteroatoms. The fourth-order valence-corrected chi connectivity index (χ4v) is 7.43. The van der Waals surface area contributed by atoms with Gasteiger partial charge in [0.2, 0.25) is 0 Å². The van der Waals surface area contributed by atoms with E-state index >= 15 is 4.39 Å². The number of terminal acetylenes is 1. The molecule has 1 aliphatic carbocycles. The topological polar surface area (TPSA) is 83.8 Å². The van der Waals surface area contributed by atoms with Crippen LogP contribution in [0.25, 0.3) is 32.9 Å². The molecular formula is C33H33F2N5O3. The Balaban J connectivity index is 1.37. The fourth-order valence-electron chi connectivity index (χ4n) is 7.43. The van der Waals surface area contributed by atoms with Crippen LogP contribution in [0.3, 0.4) is 0 Å². The Hall–Kier alpha value is -4.07. The molecule has 43 heavy (non-hydrogen) atoms. The normalized spacial score (nSPS) is 22.6. The predicted octanol–water partition coefficient (Wildman–Crippen LogP) is 5.29. The van der Waals surface area contributed by atoms with Gasteiger partial charge in [0.1, 0.15) is 28.6 Å². The second-order valence-corrected chi connectivity index (χ2v) is 11.9. The molecule has 0 spiro atoms. The number of phenols is 1. The first kappa shape index (κ1) is 27.7. The molecule has 3 aliphatic rings. The molecule has 2 aliphatic heterocycles. The Morgan fingerprint density at radius 3 is 2.77 bits per heavy atom. The quantitative estimate of drug-likeness (QED) is 0.317. The first-order valence-corrected chi connectivity index (χ1v) is 14.8. The maximum Gasteiger partial charge on any atom is 0.319 e. The molecule has 7 rings (SSSR count). The smallest absolute Gasteiger partial charge is 0.319 e. The summed E-state index contributed by atoms with van der Waals surface area (Å²) < 4.78 is 43.3. The van der Waals surface area contributed by atoms with Crippen LogP contribution in [-0.4, -0.2) is 77.5 Å². The summed E-state index contributed by atoms with van der Waals surface area (Å²) in [6, 6.07) is 6.08. The SMILES string of the molecule is C#Cc1c(F)ccc2cc(O)cc(-c3ncc4c(N5CCOCC5)nc(OCC56CCCC5N(C)CCC6)nc4c3F)c12. The third kappa shape index (κ3) is 4.71. The van der Waals surface area contributed by atoms with E-state index in [0.717, 1.165) is 38.6 Å². The number of anilines is 1. The molecule has 8 nitrogen and oxygen atoms in total. The molecule has 2 saturated heterocycles. The average Bonchev–Trinajstić information content (AvgIpc) is 3.46. The molecule has 0 bridgehead atoms. The minimum atomic E-state index is -0.729. The number of morpholine rings is 1. The van der Waals surface area contributed by atoms with Crippen LogP contribution in [0.2, 0.25) is 0 Å². The van der Waals surface area contributed by atoms with E-state index in [2.05, 4.69) is 27.8 Å². The average molecular weight is 586 g/mol. The van der Waals surface area contributed by atoms with E-state index in [0.29, 0.717) is 55.5 Å². The molecule has 222 valence electrons. The number of halogens is 2. The first-order valence-electron chi connectivity index (χ1n) is 14.8. The highest BCUT2D eigenvalue weighted by Crippen LogP contribution is 2.47. The summed E-state index contributed by atoms with van der Waals surface area (Å²) in [5.41, 5.74) is 0.0955. The van der Waals surface area contributed by atoms with Crippen LogP contribution in [-0.2, 0) is 4.74 Å². The van der Waals surface area contributed by atoms with Crippen LogP contribution in [0.4, 0.5) is 14.6 Å². The Bertz CT molecular complexity index is 1770. The van der Waals surface area contributed by atoms with Gasteiger partial charge in [-0.15, -0.1) is 6.42 Å². The molecule has 3 fully saturated rings. The van der Waals surface area contributed by atoms with Crippen molar-refractivity contribution in [3.8, 4) is 35.4 Å². The van der Waals surface area contributed by atoms with Gasteiger partial charge in [0.05, 0.1) is 30.8 Å². The maximum absolute atomic E-state index is 16.7. The molecule has 2 atom stereocenters. The van der Waals surface area contributed by atoms with E-state index in [4.69, 9.17) is 20.9 Å². The van der Waals surface area contributed by atoms with Crippen molar-refractivity contribution < 1.29 is 23.4 Å². The highest BCUT2D eigenvalue weighted by molar-refractivity contribution is 6.03. The van der Waals surface area contributed by atoms with Gasteiger partial charge in [0, 0.05) is 41.7 Å². The highest BCUT2D eigenvalue weighted by atomic mass is 19.1. The van der Waals surface area contributed by atoms with Gasteiger partial charge >= 0.3 is 6.01 Å². The van der Waals surface area contributed by atoms with Crippen LogP contribution in [0, 0.1) is 29.4 Å². The number of pyridine rings is 1. The Labute approximate surface area is 248 Å². The summed E-state index contributed by atoms with van der Waals surface area (Å²) in [5, 5.41) is 11.7. The number of ether oxygens (including phenoxy) is 2. The summed E-state index contributed by atoms with van der Waals surface area (Å²) in [7, 11) is 2.18. The molecule has 4 aromatic rings. The lowest BCUT2D eigenvalue weighted by Crippen LogP contribution is -2.50. The van der Waals surface area contributed by atoms with E-state index in [9.17, 15) is 9.50 Å². The summed E-state index contributed by atoms with van der Waals surface area (Å²) >= 11 is 0. The first-order chi connectivity index (χ1) is 20.9. The van der Waals surface area contributed by atoms with Crippen molar-refractivity contribution in [1.29, 1.82) is 0 Å². The summed E-state index contributed by atoms with van der Waals surface area (Å²) in [6.07, 6.45) is 12.7. The fraction of sp³-hybridized carbons (Fsp3) is 0.424. The Morgan fingerprint density at radius 2 is 1.95 bits per heavy atom. The maximum atomic E-state index is 16.7. The van der Waals surface area contributed by atoms with Gasteiger partial charge in [-0.05, 0) is 62.9 Å². The Morgan fingerprint density at radius 1 is 1.14 bits per heavy atom. The van der Waals surface area contributed by atoms with Crippen LogP contribution in [0.5, 0.6) is 11.8 Å². The number of likely N-dealkylation sites (tertiary alicyclic amines) is 1. The van der Waals surface area contributed by atoms with E-state index in [1.807, 2.05) is 4.90 Å². The van der Waals surface area contributed by atoms with Crippen molar-refractivity contribution in [2.45, 2.75) is 38.1 Å². The highest BCUT2D eigenvalue weighted by Gasteiger charge is 2.47. The van der Waals surface area contributed by atoms with Gasteiger partial charge in [-0.1, -0.05) is 18.4 Å². The van der Waals surface area contributed by atoms with Crippen LogP contribution < -0.4 is 9.64 Å². The molecule has 2 aromatic heterocycles. The number of hydrogen-bond donors (Lipinski definition) is 1. The lowest BCUT2D eigenvalue weighted by atomic mass is 9.76. The monoisotopic (exact) mass is 585 g/mol. The number of piperidine rings is 1. The molecule has 2 unspecified atom stereocenters. The lowest BCUT2D eigenvalue weighted by molar-refractivity contribution is 0.0133. The minimum absolute atomic E-state index is 0.0164. The molecule has 0 amide bonds. The summed E-state index contributed by atoms with van der Waals surface area (Å²) in [6.45, 7) is 3.72. The number of rotatable bonds is 5. The van der Waals surface area contributed by atoms with E-state index in [1.165, 1.54) is 30.5 Å². The lowest BCUT2D eigenvalue weighted by Gasteiger charge is -2.44. The zero-order chi connectivity index (χ0) is 29.7. The van der Waals surface area contributed by atoms with Crippen molar-refractivity contribution >= 4 is 27.5 Å². The van der Waals surface area contributed by atoms with E-state index < -0.39 is 11.6 Å². The molecule has 0 radical (unpaired) electrons. The van der Waals surface area contributed by atoms with Gasteiger partial charge in [0.15, 0.2) is 5.82 Å². The number of fused-ring (bicyclic) bond motifs is 3. The number of nitrogens with zero attached hydrogens (tertiary/aromatic N) is 5. The van der Waals surface area contributed by atoms with Crippen molar-refractivity contribution in [1.82, 2.24) is 19.9 Å². The van der Waals surface area contributed by atoms with Crippen molar-refractivity contribution in [3.63, 3.8) is 0 Å². The molecule has 1 saturated carbocycles. The summed E-state index contributed by atoms with van der Waals surface area (Å²) in [4.78, 5) is 18.3. The number of benzene rings is 2. The number of aromatic hydroxyl groups is 1.